The number of carbonyl (C=O) groups is 1. The molecule has 1 aromatic carbocycles. The molecule has 2 heterocycles. The van der Waals surface area contributed by atoms with Gasteiger partial charge in [0.15, 0.2) is 0 Å². The van der Waals surface area contributed by atoms with E-state index in [9.17, 15) is 9.18 Å². The summed E-state index contributed by atoms with van der Waals surface area (Å²) >= 11 is 0. The van der Waals surface area contributed by atoms with E-state index in [1.54, 1.807) is 12.1 Å². The first-order valence-corrected chi connectivity index (χ1v) is 12.6. The Morgan fingerprint density at radius 3 is 2.64 bits per heavy atom. The minimum atomic E-state index is -0.318. The number of aromatic nitrogens is 2. The number of piperidine rings is 1. The Kier molecular flexibility index (Phi) is 5.28. The first kappa shape index (κ1) is 21.3. The third-order valence-electron chi connectivity index (χ3n) is 8.68. The summed E-state index contributed by atoms with van der Waals surface area (Å²) in [5.41, 5.74) is 0.655. The molecule has 1 aliphatic heterocycles. The smallest absolute Gasteiger partial charge is 0.237 e. The first-order valence-electron chi connectivity index (χ1n) is 12.6. The Balaban J connectivity index is 1.11. The van der Waals surface area contributed by atoms with Crippen LogP contribution in [0.1, 0.15) is 70.1 Å². The number of halogens is 1. The van der Waals surface area contributed by atoms with Gasteiger partial charge in [0.05, 0.1) is 12.0 Å². The maximum atomic E-state index is 13.6. The second kappa shape index (κ2) is 8.19. The van der Waals surface area contributed by atoms with E-state index in [1.807, 2.05) is 6.92 Å². The van der Waals surface area contributed by atoms with E-state index in [4.69, 9.17) is 4.52 Å². The molecule has 2 unspecified atom stereocenters. The van der Waals surface area contributed by atoms with Crippen LogP contribution >= 0.6 is 0 Å². The molecule has 4 bridgehead atoms. The Bertz CT molecular complexity index is 1000. The van der Waals surface area contributed by atoms with Gasteiger partial charge in [-0.15, -0.1) is 0 Å². The summed E-state index contributed by atoms with van der Waals surface area (Å²) in [5, 5.41) is 7.62. The van der Waals surface area contributed by atoms with Crippen molar-refractivity contribution in [3.05, 3.63) is 36.0 Å². The summed E-state index contributed by atoms with van der Waals surface area (Å²) in [4.78, 5) is 20.2. The van der Waals surface area contributed by atoms with E-state index in [1.165, 1.54) is 50.7 Å². The minimum Gasteiger partial charge on any atom is -0.349 e. The van der Waals surface area contributed by atoms with E-state index in [-0.39, 0.29) is 29.2 Å². The number of nitrogens with zero attached hydrogens (tertiary/aromatic N) is 3. The van der Waals surface area contributed by atoms with Crippen LogP contribution in [0.3, 0.4) is 0 Å². The average Bonchev–Trinajstić information content (AvgIpc) is 3.28. The summed E-state index contributed by atoms with van der Waals surface area (Å²) in [6.45, 7) is 3.65. The fraction of sp³-hybridized carbons (Fsp3) is 0.654. The molecule has 176 valence electrons. The molecule has 4 saturated carbocycles. The van der Waals surface area contributed by atoms with Crippen molar-refractivity contribution in [3.8, 4) is 11.4 Å². The number of rotatable bonds is 5. The Labute approximate surface area is 194 Å². The zero-order chi connectivity index (χ0) is 22.6. The van der Waals surface area contributed by atoms with E-state index in [0.717, 1.165) is 43.7 Å². The highest BCUT2D eigenvalue weighted by Gasteiger charge is 2.52. The predicted octanol–water partition coefficient (Wildman–Crippen LogP) is 4.53. The molecule has 7 heteroatoms. The number of carbonyl (C=O) groups excluding carboxylic acids is 1. The lowest BCUT2D eigenvalue weighted by Crippen LogP contribution is -2.62. The van der Waals surface area contributed by atoms with Crippen LogP contribution in [0, 0.1) is 23.6 Å². The second-order valence-corrected chi connectivity index (χ2v) is 11.2. The maximum absolute atomic E-state index is 13.6. The van der Waals surface area contributed by atoms with Crippen LogP contribution in [0.5, 0.6) is 0 Å². The molecule has 4 aliphatic carbocycles. The van der Waals surface area contributed by atoms with E-state index < -0.39 is 0 Å². The van der Waals surface area contributed by atoms with E-state index in [2.05, 4.69) is 20.4 Å². The van der Waals surface area contributed by atoms with Gasteiger partial charge in [-0.2, -0.15) is 4.98 Å². The summed E-state index contributed by atoms with van der Waals surface area (Å²) in [6.07, 6.45) is 9.57. The summed E-state index contributed by atoms with van der Waals surface area (Å²) < 4.78 is 19.1. The Hall–Kier alpha value is -2.28. The summed E-state index contributed by atoms with van der Waals surface area (Å²) in [5.74, 6) is 3.37. The predicted molar refractivity (Wildman–Crippen MR) is 122 cm³/mol. The molecule has 33 heavy (non-hydrogen) atoms. The van der Waals surface area contributed by atoms with Gasteiger partial charge in [-0.25, -0.2) is 4.39 Å². The molecular formula is C26H33FN4O2. The van der Waals surface area contributed by atoms with Crippen molar-refractivity contribution in [2.24, 2.45) is 17.8 Å². The normalized spacial score (nSPS) is 34.4. The van der Waals surface area contributed by atoms with Crippen LogP contribution in [-0.4, -0.2) is 45.6 Å². The molecule has 1 N–H and O–H groups in total. The van der Waals surface area contributed by atoms with Crippen LogP contribution in [0.15, 0.2) is 28.8 Å². The van der Waals surface area contributed by atoms with Crippen LogP contribution in [0.4, 0.5) is 4.39 Å². The van der Waals surface area contributed by atoms with Crippen LogP contribution in [0.2, 0.25) is 0 Å². The van der Waals surface area contributed by atoms with Crippen LogP contribution < -0.4 is 5.32 Å². The molecule has 0 radical (unpaired) electrons. The molecule has 1 saturated heterocycles. The van der Waals surface area contributed by atoms with Crippen LogP contribution in [0.25, 0.3) is 11.4 Å². The fourth-order valence-corrected chi connectivity index (χ4v) is 7.50. The molecule has 5 fully saturated rings. The molecule has 2 atom stereocenters. The van der Waals surface area contributed by atoms with Crippen molar-refractivity contribution >= 4 is 5.91 Å². The van der Waals surface area contributed by atoms with Gasteiger partial charge in [0, 0.05) is 17.6 Å². The second-order valence-electron chi connectivity index (χ2n) is 11.2. The third-order valence-corrected chi connectivity index (χ3v) is 8.68. The molecule has 7 rings (SSSR count). The summed E-state index contributed by atoms with van der Waals surface area (Å²) in [6, 6.07) is 6.07. The number of hydrogen-bond donors (Lipinski definition) is 1. The number of benzene rings is 1. The molecule has 5 aliphatic rings. The molecule has 0 spiro atoms. The highest BCUT2D eigenvalue weighted by Crippen LogP contribution is 2.55. The Morgan fingerprint density at radius 2 is 1.94 bits per heavy atom. The van der Waals surface area contributed by atoms with E-state index >= 15 is 0 Å². The van der Waals surface area contributed by atoms with Gasteiger partial charge in [0.25, 0.3) is 0 Å². The van der Waals surface area contributed by atoms with Gasteiger partial charge in [0.1, 0.15) is 5.82 Å². The Morgan fingerprint density at radius 1 is 1.21 bits per heavy atom. The first-order chi connectivity index (χ1) is 16.0. The number of hydrogen-bond acceptors (Lipinski definition) is 5. The fourth-order valence-electron chi connectivity index (χ4n) is 7.50. The molecule has 1 amide bonds. The minimum absolute atomic E-state index is 0.0433. The third kappa shape index (κ3) is 4.09. The molecular weight excluding hydrogens is 419 g/mol. The molecule has 6 nitrogen and oxygen atoms in total. The monoisotopic (exact) mass is 452 g/mol. The van der Waals surface area contributed by atoms with Gasteiger partial charge < -0.3 is 9.84 Å². The zero-order valence-corrected chi connectivity index (χ0v) is 19.3. The quantitative estimate of drug-likeness (QED) is 0.722. The standard InChI is InChI=1S/C26H33FN4O2/c1-16(24(32)29-26-12-17-8-18(13-26)10-19(9-17)14-26)31-7-3-5-21(15-31)25-28-23(30-33-25)20-4-2-6-22(27)11-20/h2,4,6,11,16-19,21H,3,5,7-10,12-15H2,1H3,(H,29,32). The maximum Gasteiger partial charge on any atom is 0.237 e. The van der Waals surface area contributed by atoms with E-state index in [0.29, 0.717) is 17.3 Å². The average molecular weight is 453 g/mol. The van der Waals surface area contributed by atoms with Crippen LogP contribution in [-0.2, 0) is 4.79 Å². The topological polar surface area (TPSA) is 71.3 Å². The highest BCUT2D eigenvalue weighted by molar-refractivity contribution is 5.82. The zero-order valence-electron chi connectivity index (χ0n) is 19.3. The van der Waals surface area contributed by atoms with Gasteiger partial charge in [-0.1, -0.05) is 17.3 Å². The largest absolute Gasteiger partial charge is 0.349 e. The van der Waals surface area contributed by atoms with Crippen molar-refractivity contribution < 1.29 is 13.7 Å². The lowest BCUT2D eigenvalue weighted by atomic mass is 9.53. The SMILES string of the molecule is CC(C(=O)NC12CC3CC(CC(C3)C1)C2)N1CCCC(c2nc(-c3cccc(F)c3)no2)C1. The van der Waals surface area contributed by atoms with Crippen molar-refractivity contribution in [1.82, 2.24) is 20.4 Å². The molecule has 2 aromatic rings. The number of likely N-dealkylation sites (tertiary alicyclic amines) is 1. The number of nitrogens with one attached hydrogen (secondary N) is 1. The lowest BCUT2D eigenvalue weighted by Gasteiger charge is -2.57. The molecule has 1 aromatic heterocycles. The highest BCUT2D eigenvalue weighted by atomic mass is 19.1. The van der Waals surface area contributed by atoms with Gasteiger partial charge >= 0.3 is 0 Å². The van der Waals surface area contributed by atoms with Gasteiger partial charge in [-0.05, 0) is 94.7 Å². The lowest BCUT2D eigenvalue weighted by molar-refractivity contribution is -0.132. The summed E-state index contributed by atoms with van der Waals surface area (Å²) in [7, 11) is 0. The number of amides is 1. The van der Waals surface area contributed by atoms with Crippen molar-refractivity contribution in [2.45, 2.75) is 75.8 Å². The van der Waals surface area contributed by atoms with Gasteiger partial charge in [-0.3, -0.25) is 9.69 Å². The van der Waals surface area contributed by atoms with Crippen molar-refractivity contribution in [1.29, 1.82) is 0 Å². The van der Waals surface area contributed by atoms with Gasteiger partial charge in [0.2, 0.25) is 17.6 Å². The van der Waals surface area contributed by atoms with Crippen molar-refractivity contribution in [2.75, 3.05) is 13.1 Å². The van der Waals surface area contributed by atoms with Crippen molar-refractivity contribution in [3.63, 3.8) is 0 Å².